The van der Waals surface area contributed by atoms with Crippen molar-refractivity contribution < 1.29 is 37.8 Å². The van der Waals surface area contributed by atoms with Crippen molar-refractivity contribution in [3.05, 3.63) is 57.7 Å². The first-order valence-corrected chi connectivity index (χ1v) is 11.4. The molecule has 1 saturated heterocycles. The molecule has 0 aromatic heterocycles. The van der Waals surface area contributed by atoms with Crippen molar-refractivity contribution in [3.63, 3.8) is 0 Å². The third-order valence-electron chi connectivity index (χ3n) is 4.49. The Hall–Kier alpha value is -3.57. The highest BCUT2D eigenvalue weighted by molar-refractivity contribution is 8.18. The number of rotatable bonds is 9. The van der Waals surface area contributed by atoms with E-state index < -0.39 is 35.4 Å². The third-order valence-corrected chi connectivity index (χ3v) is 5.68. The van der Waals surface area contributed by atoms with E-state index in [1.165, 1.54) is 49.6 Å². The quantitative estimate of drug-likeness (QED) is 0.387. The van der Waals surface area contributed by atoms with E-state index in [9.17, 15) is 23.6 Å². The van der Waals surface area contributed by atoms with Crippen LogP contribution in [0.1, 0.15) is 12.5 Å². The number of carbonyl (C=O) groups is 4. The van der Waals surface area contributed by atoms with Gasteiger partial charge in [-0.2, -0.15) is 0 Å². The van der Waals surface area contributed by atoms with Crippen LogP contribution in [0.5, 0.6) is 11.5 Å². The zero-order chi connectivity index (χ0) is 25.5. The lowest BCUT2D eigenvalue weighted by Gasteiger charge is -2.14. The summed E-state index contributed by atoms with van der Waals surface area (Å²) in [6.07, 6.45) is 1.43. The van der Waals surface area contributed by atoms with Crippen molar-refractivity contribution in [2.24, 2.45) is 0 Å². The second-order valence-electron chi connectivity index (χ2n) is 6.95. The molecule has 1 heterocycles. The minimum absolute atomic E-state index is 0.0753. The molecule has 1 N–H and O–H groups in total. The molecule has 0 aliphatic carbocycles. The van der Waals surface area contributed by atoms with Gasteiger partial charge in [-0.1, -0.05) is 11.6 Å². The fourth-order valence-corrected chi connectivity index (χ4v) is 4.04. The third kappa shape index (κ3) is 6.74. The van der Waals surface area contributed by atoms with E-state index >= 15 is 0 Å². The molecule has 0 radical (unpaired) electrons. The normalized spacial score (nSPS) is 14.3. The lowest BCUT2D eigenvalue weighted by Crippen LogP contribution is -2.36. The van der Waals surface area contributed by atoms with E-state index in [2.05, 4.69) is 10.1 Å². The molecular formula is C23H20ClFN2O7S. The van der Waals surface area contributed by atoms with E-state index in [1.54, 1.807) is 6.92 Å². The fourth-order valence-electron chi connectivity index (χ4n) is 2.93. The molecule has 3 amide bonds. The number of hydrogen-bond acceptors (Lipinski definition) is 8. The Labute approximate surface area is 209 Å². The smallest absolute Gasteiger partial charge is 0.343 e. The van der Waals surface area contributed by atoms with Crippen LogP contribution in [0.2, 0.25) is 5.02 Å². The summed E-state index contributed by atoms with van der Waals surface area (Å²) in [5.41, 5.74) is 0.761. The first kappa shape index (κ1) is 26.0. The van der Waals surface area contributed by atoms with E-state index in [-0.39, 0.29) is 34.6 Å². The molecule has 1 aliphatic rings. The van der Waals surface area contributed by atoms with Crippen molar-refractivity contribution in [1.82, 2.24) is 4.90 Å². The average Bonchev–Trinajstić information content (AvgIpc) is 3.07. The first-order valence-electron chi connectivity index (χ1n) is 10.2. The standard InChI is InChI=1S/C23H20ClFN2O7S/c1-3-33-17-9-13(8-16(24)21(17)34-12-20(29)32-2)10-18-22(30)27(23(31)35-18)11-19(28)26-15-6-4-14(25)5-7-15/h4-10H,3,11-12H2,1-2H3,(H,26,28)/b18-10-. The maximum Gasteiger partial charge on any atom is 0.343 e. The number of nitrogens with one attached hydrogen (secondary N) is 1. The van der Waals surface area contributed by atoms with Crippen LogP contribution in [0.15, 0.2) is 41.3 Å². The summed E-state index contributed by atoms with van der Waals surface area (Å²) in [5, 5.41) is 1.99. The van der Waals surface area contributed by atoms with Crippen LogP contribution in [-0.4, -0.2) is 54.8 Å². The highest BCUT2D eigenvalue weighted by atomic mass is 35.5. The van der Waals surface area contributed by atoms with Crippen LogP contribution in [0.3, 0.4) is 0 Å². The second kappa shape index (κ2) is 11.7. The van der Waals surface area contributed by atoms with Gasteiger partial charge in [0.15, 0.2) is 18.1 Å². The van der Waals surface area contributed by atoms with Crippen molar-refractivity contribution in [1.29, 1.82) is 0 Å². The predicted molar refractivity (Wildman–Crippen MR) is 128 cm³/mol. The van der Waals surface area contributed by atoms with Gasteiger partial charge >= 0.3 is 5.97 Å². The largest absolute Gasteiger partial charge is 0.490 e. The molecule has 3 rings (SSSR count). The Bertz CT molecular complexity index is 1190. The summed E-state index contributed by atoms with van der Waals surface area (Å²) in [4.78, 5) is 49.7. The lowest BCUT2D eigenvalue weighted by atomic mass is 10.1. The van der Waals surface area contributed by atoms with Gasteiger partial charge in [0.25, 0.3) is 11.1 Å². The number of methoxy groups -OCH3 is 1. The number of hydrogen-bond donors (Lipinski definition) is 1. The molecule has 0 saturated carbocycles. The zero-order valence-corrected chi connectivity index (χ0v) is 20.2. The van der Waals surface area contributed by atoms with E-state index in [1.807, 2.05) is 0 Å². The summed E-state index contributed by atoms with van der Waals surface area (Å²) >= 11 is 6.97. The zero-order valence-electron chi connectivity index (χ0n) is 18.6. The van der Waals surface area contributed by atoms with Crippen LogP contribution < -0.4 is 14.8 Å². The van der Waals surface area contributed by atoms with Gasteiger partial charge in [-0.25, -0.2) is 9.18 Å². The number of nitrogens with zero attached hydrogens (tertiary/aromatic N) is 1. The van der Waals surface area contributed by atoms with Crippen LogP contribution >= 0.6 is 23.4 Å². The molecular weight excluding hydrogens is 503 g/mol. The molecule has 2 aromatic rings. The van der Waals surface area contributed by atoms with Gasteiger partial charge < -0.3 is 19.5 Å². The van der Waals surface area contributed by atoms with Crippen molar-refractivity contribution in [2.45, 2.75) is 6.92 Å². The molecule has 0 unspecified atom stereocenters. The van der Waals surface area contributed by atoms with E-state index in [0.29, 0.717) is 23.0 Å². The van der Waals surface area contributed by atoms with Gasteiger partial charge in [0.1, 0.15) is 12.4 Å². The number of ether oxygens (including phenoxy) is 3. The molecule has 1 aliphatic heterocycles. The van der Waals surface area contributed by atoms with Gasteiger partial charge in [-0.05, 0) is 66.7 Å². The average molecular weight is 523 g/mol. The fraction of sp³-hybridized carbons (Fsp3) is 0.217. The van der Waals surface area contributed by atoms with Crippen molar-refractivity contribution in [3.8, 4) is 11.5 Å². The summed E-state index contributed by atoms with van der Waals surface area (Å²) in [6.45, 7) is 1.13. The number of carbonyl (C=O) groups excluding carboxylic acids is 4. The number of imide groups is 1. The van der Waals surface area contributed by atoms with Gasteiger partial charge in [0.05, 0.1) is 23.6 Å². The maximum absolute atomic E-state index is 13.0. The van der Waals surface area contributed by atoms with Crippen molar-refractivity contribution >= 4 is 58.1 Å². The molecule has 184 valence electrons. The maximum atomic E-state index is 13.0. The molecule has 2 aromatic carbocycles. The van der Waals surface area contributed by atoms with Gasteiger partial charge in [0, 0.05) is 5.69 Å². The lowest BCUT2D eigenvalue weighted by molar-refractivity contribution is -0.143. The minimum Gasteiger partial charge on any atom is -0.490 e. The molecule has 35 heavy (non-hydrogen) atoms. The molecule has 12 heteroatoms. The molecule has 0 atom stereocenters. The Morgan fingerprint density at radius 3 is 2.54 bits per heavy atom. The number of thioether (sulfide) groups is 1. The number of anilines is 1. The van der Waals surface area contributed by atoms with E-state index in [0.717, 1.165) is 4.90 Å². The highest BCUT2D eigenvalue weighted by Crippen LogP contribution is 2.39. The van der Waals surface area contributed by atoms with Gasteiger partial charge in [-0.3, -0.25) is 19.3 Å². The van der Waals surface area contributed by atoms with Crippen LogP contribution in [0, 0.1) is 5.82 Å². The van der Waals surface area contributed by atoms with Crippen molar-refractivity contribution in [2.75, 3.05) is 32.2 Å². The topological polar surface area (TPSA) is 111 Å². The molecule has 1 fully saturated rings. The minimum atomic E-state index is -0.658. The highest BCUT2D eigenvalue weighted by Gasteiger charge is 2.36. The Morgan fingerprint density at radius 1 is 1.17 bits per heavy atom. The Kier molecular flexibility index (Phi) is 8.72. The van der Waals surface area contributed by atoms with Crippen LogP contribution in [-0.2, 0) is 19.1 Å². The second-order valence-corrected chi connectivity index (χ2v) is 8.35. The summed E-state index contributed by atoms with van der Waals surface area (Å²) < 4.78 is 28.5. The first-order chi connectivity index (χ1) is 16.7. The molecule has 0 spiro atoms. The summed E-state index contributed by atoms with van der Waals surface area (Å²) in [7, 11) is 1.22. The van der Waals surface area contributed by atoms with Crippen LogP contribution in [0.4, 0.5) is 14.9 Å². The predicted octanol–water partition coefficient (Wildman–Crippen LogP) is 4.10. The SMILES string of the molecule is CCOc1cc(/C=C2\SC(=O)N(CC(=O)Nc3ccc(F)cc3)C2=O)cc(Cl)c1OCC(=O)OC. The Balaban J connectivity index is 1.75. The number of benzene rings is 2. The molecule has 0 bridgehead atoms. The van der Waals surface area contributed by atoms with Gasteiger partial charge in [0.2, 0.25) is 5.91 Å². The monoisotopic (exact) mass is 522 g/mol. The number of halogens is 2. The number of esters is 1. The summed E-state index contributed by atoms with van der Waals surface area (Å²) in [6, 6.07) is 8.08. The molecule has 9 nitrogen and oxygen atoms in total. The summed E-state index contributed by atoms with van der Waals surface area (Å²) in [5.74, 6) is -1.99. The van der Waals surface area contributed by atoms with Crippen LogP contribution in [0.25, 0.3) is 6.08 Å². The van der Waals surface area contributed by atoms with E-state index in [4.69, 9.17) is 21.1 Å². The Morgan fingerprint density at radius 2 is 1.89 bits per heavy atom. The van der Waals surface area contributed by atoms with Gasteiger partial charge in [-0.15, -0.1) is 0 Å². The number of amides is 3.